The molecule has 1 N–H and O–H groups in total. The third-order valence-corrected chi connectivity index (χ3v) is 4.20. The molecule has 0 saturated heterocycles. The van der Waals surface area contributed by atoms with Crippen molar-refractivity contribution in [2.75, 3.05) is 12.4 Å². The first kappa shape index (κ1) is 15.5. The molecule has 23 heavy (non-hydrogen) atoms. The van der Waals surface area contributed by atoms with Gasteiger partial charge >= 0.3 is 0 Å². The van der Waals surface area contributed by atoms with Crippen molar-refractivity contribution in [3.05, 3.63) is 70.1 Å². The van der Waals surface area contributed by atoms with Gasteiger partial charge in [0.05, 0.1) is 24.7 Å². The number of nitrogens with one attached hydrogen (secondary N) is 1. The van der Waals surface area contributed by atoms with E-state index in [1.165, 1.54) is 7.11 Å². The summed E-state index contributed by atoms with van der Waals surface area (Å²) in [6.45, 7) is 0. The number of amides is 1. The van der Waals surface area contributed by atoms with E-state index in [-0.39, 0.29) is 11.6 Å². The number of hydrogen-bond donors (Lipinski definition) is 1. The van der Waals surface area contributed by atoms with Crippen LogP contribution in [0.15, 0.2) is 60.8 Å². The molecule has 0 atom stereocenters. The van der Waals surface area contributed by atoms with Gasteiger partial charge in [-0.05, 0) is 46.9 Å². The van der Waals surface area contributed by atoms with Gasteiger partial charge in [0.2, 0.25) is 0 Å². The van der Waals surface area contributed by atoms with Gasteiger partial charge < -0.3 is 10.1 Å². The summed E-state index contributed by atoms with van der Waals surface area (Å²) in [5.41, 5.74) is 1.85. The van der Waals surface area contributed by atoms with Crippen LogP contribution < -0.4 is 10.1 Å². The molecule has 0 spiro atoms. The number of methoxy groups -OCH3 is 1. The number of nitrogens with zero attached hydrogens (tertiary/aromatic N) is 2. The molecule has 1 heterocycles. The number of carbonyl (C=O) groups excluding carboxylic acids is 1. The van der Waals surface area contributed by atoms with Crippen LogP contribution in [0.25, 0.3) is 5.69 Å². The summed E-state index contributed by atoms with van der Waals surface area (Å²) in [6.07, 6.45) is 1.69. The molecule has 0 fully saturated rings. The number of aromatic nitrogens is 2. The van der Waals surface area contributed by atoms with E-state index in [0.717, 1.165) is 14.9 Å². The molecule has 2 aromatic carbocycles. The van der Waals surface area contributed by atoms with E-state index in [2.05, 4.69) is 33.0 Å². The van der Waals surface area contributed by atoms with Gasteiger partial charge in [-0.2, -0.15) is 5.10 Å². The number of ether oxygens (including phenoxy) is 1. The van der Waals surface area contributed by atoms with Crippen molar-refractivity contribution in [3.63, 3.8) is 0 Å². The summed E-state index contributed by atoms with van der Waals surface area (Å²) in [5.74, 6) is 0.123. The molecule has 5 nitrogen and oxygen atoms in total. The molecule has 0 aliphatic rings. The Morgan fingerprint density at radius 3 is 2.52 bits per heavy atom. The molecule has 0 unspecified atom stereocenters. The summed E-state index contributed by atoms with van der Waals surface area (Å²) in [6, 6.07) is 17.1. The van der Waals surface area contributed by atoms with Gasteiger partial charge in [-0.3, -0.25) is 4.79 Å². The number of carbonyl (C=O) groups is 1. The zero-order chi connectivity index (χ0) is 16.2. The Hall–Kier alpha value is -2.35. The minimum Gasteiger partial charge on any atom is -0.493 e. The molecule has 1 amide bonds. The van der Waals surface area contributed by atoms with Crippen LogP contribution in [0.5, 0.6) is 5.75 Å². The molecule has 6 heteroatoms. The fraction of sp³-hybridized carbons (Fsp3) is 0.0588. The van der Waals surface area contributed by atoms with Crippen molar-refractivity contribution in [3.8, 4) is 11.4 Å². The largest absolute Gasteiger partial charge is 0.493 e. The predicted molar refractivity (Wildman–Crippen MR) is 97.2 cm³/mol. The highest BCUT2D eigenvalue weighted by Gasteiger charge is 2.19. The number of rotatable bonds is 4. The molecular weight excluding hydrogens is 405 g/mol. The minimum absolute atomic E-state index is 0.246. The van der Waals surface area contributed by atoms with Crippen LogP contribution in [0, 0.1) is 3.57 Å². The number of para-hydroxylation sites is 2. The fourth-order valence-electron chi connectivity index (χ4n) is 2.12. The molecule has 0 radical (unpaired) electrons. The fourth-order valence-corrected chi connectivity index (χ4v) is 2.64. The molecule has 0 aliphatic heterocycles. The summed E-state index contributed by atoms with van der Waals surface area (Å²) in [7, 11) is 1.52. The Morgan fingerprint density at radius 2 is 1.83 bits per heavy atom. The van der Waals surface area contributed by atoms with Gasteiger partial charge in [0.15, 0.2) is 11.4 Å². The zero-order valence-corrected chi connectivity index (χ0v) is 14.5. The topological polar surface area (TPSA) is 56.2 Å². The van der Waals surface area contributed by atoms with E-state index >= 15 is 0 Å². The van der Waals surface area contributed by atoms with Crippen molar-refractivity contribution in [2.24, 2.45) is 0 Å². The van der Waals surface area contributed by atoms with Crippen molar-refractivity contribution >= 4 is 34.2 Å². The highest BCUT2D eigenvalue weighted by Crippen LogP contribution is 2.22. The maximum Gasteiger partial charge on any atom is 0.280 e. The maximum atomic E-state index is 12.5. The second-order valence-electron chi connectivity index (χ2n) is 4.76. The molecule has 3 aromatic rings. The molecule has 3 rings (SSSR count). The molecule has 116 valence electrons. The van der Waals surface area contributed by atoms with E-state index in [4.69, 9.17) is 4.74 Å². The van der Waals surface area contributed by atoms with E-state index < -0.39 is 0 Å². The second kappa shape index (κ2) is 6.82. The molecule has 0 bridgehead atoms. The average molecular weight is 419 g/mol. The third kappa shape index (κ3) is 3.37. The Morgan fingerprint density at radius 1 is 1.13 bits per heavy atom. The normalized spacial score (nSPS) is 10.3. The lowest BCUT2D eigenvalue weighted by atomic mass is 10.3. The predicted octanol–water partition coefficient (Wildman–Crippen LogP) is 3.74. The second-order valence-corrected chi connectivity index (χ2v) is 5.92. The lowest BCUT2D eigenvalue weighted by molar-refractivity contribution is 0.101. The number of anilines is 1. The van der Waals surface area contributed by atoms with E-state index in [0.29, 0.717) is 5.75 Å². The molecule has 0 aliphatic carbocycles. The van der Waals surface area contributed by atoms with E-state index in [9.17, 15) is 4.79 Å². The van der Waals surface area contributed by atoms with Crippen molar-refractivity contribution in [2.45, 2.75) is 0 Å². The van der Waals surface area contributed by atoms with Gasteiger partial charge in [0.25, 0.3) is 5.91 Å². The minimum atomic E-state index is -0.305. The van der Waals surface area contributed by atoms with Crippen LogP contribution in [0.3, 0.4) is 0 Å². The molecule has 1 aromatic heterocycles. The van der Waals surface area contributed by atoms with Crippen molar-refractivity contribution < 1.29 is 9.53 Å². The average Bonchev–Trinajstić information content (AvgIpc) is 3.02. The monoisotopic (exact) mass is 419 g/mol. The van der Waals surface area contributed by atoms with Gasteiger partial charge in [-0.25, -0.2) is 4.68 Å². The van der Waals surface area contributed by atoms with Gasteiger partial charge in [0.1, 0.15) is 0 Å². The maximum absolute atomic E-state index is 12.5. The summed E-state index contributed by atoms with van der Waals surface area (Å²) in [5, 5.41) is 7.22. The lowest BCUT2D eigenvalue weighted by Gasteiger charge is -2.06. The standard InChI is InChI=1S/C17H14IN3O2/c1-23-15-11-21(12-7-3-2-4-8-12)20-16(15)17(22)19-14-10-6-5-9-13(14)18/h2-11H,1H3,(H,19,22). The Labute approximate surface area is 147 Å². The Balaban J connectivity index is 1.91. The highest BCUT2D eigenvalue weighted by atomic mass is 127. The number of benzene rings is 2. The van der Waals surface area contributed by atoms with Crippen LogP contribution in [0.1, 0.15) is 10.5 Å². The van der Waals surface area contributed by atoms with Crippen LogP contribution in [0.4, 0.5) is 5.69 Å². The molecular formula is C17H14IN3O2. The summed E-state index contributed by atoms with van der Waals surface area (Å²) >= 11 is 2.17. The van der Waals surface area contributed by atoms with Crippen molar-refractivity contribution in [1.29, 1.82) is 0 Å². The van der Waals surface area contributed by atoms with Crippen LogP contribution >= 0.6 is 22.6 Å². The zero-order valence-electron chi connectivity index (χ0n) is 12.4. The Bertz CT molecular complexity index is 831. The summed E-state index contributed by atoms with van der Waals surface area (Å²) in [4.78, 5) is 12.5. The van der Waals surface area contributed by atoms with Gasteiger partial charge in [-0.1, -0.05) is 30.3 Å². The first-order chi connectivity index (χ1) is 11.2. The quantitative estimate of drug-likeness (QED) is 0.656. The highest BCUT2D eigenvalue weighted by molar-refractivity contribution is 14.1. The first-order valence-corrected chi connectivity index (χ1v) is 8.02. The third-order valence-electron chi connectivity index (χ3n) is 3.26. The first-order valence-electron chi connectivity index (χ1n) is 6.94. The van der Waals surface area contributed by atoms with Gasteiger partial charge in [-0.15, -0.1) is 0 Å². The van der Waals surface area contributed by atoms with Gasteiger partial charge in [0, 0.05) is 3.57 Å². The van der Waals surface area contributed by atoms with Crippen molar-refractivity contribution in [1.82, 2.24) is 9.78 Å². The number of hydrogen-bond acceptors (Lipinski definition) is 3. The SMILES string of the molecule is COc1cn(-c2ccccc2)nc1C(=O)Nc1ccccc1I. The number of halogens is 1. The smallest absolute Gasteiger partial charge is 0.280 e. The lowest BCUT2D eigenvalue weighted by Crippen LogP contribution is -2.14. The van der Waals surface area contributed by atoms with E-state index in [1.807, 2.05) is 54.6 Å². The van der Waals surface area contributed by atoms with Crippen LogP contribution in [-0.4, -0.2) is 22.8 Å². The van der Waals surface area contributed by atoms with Crippen LogP contribution in [-0.2, 0) is 0 Å². The Kier molecular flexibility index (Phi) is 4.61. The molecule has 0 saturated carbocycles. The van der Waals surface area contributed by atoms with Crippen LogP contribution in [0.2, 0.25) is 0 Å². The van der Waals surface area contributed by atoms with E-state index in [1.54, 1.807) is 10.9 Å². The summed E-state index contributed by atoms with van der Waals surface area (Å²) < 4.78 is 7.88.